The predicted molar refractivity (Wildman–Crippen MR) is 191 cm³/mol. The summed E-state index contributed by atoms with van der Waals surface area (Å²) in [5.74, 6) is -2.07. The van der Waals surface area contributed by atoms with Gasteiger partial charge in [0, 0.05) is 60.7 Å². The van der Waals surface area contributed by atoms with Gasteiger partial charge in [0.1, 0.15) is 0 Å². The van der Waals surface area contributed by atoms with Crippen LogP contribution in [0.3, 0.4) is 0 Å². The van der Waals surface area contributed by atoms with Crippen LogP contribution in [-0.4, -0.2) is 71.1 Å². The Hall–Kier alpha value is -1.88. The standard InChI is InChI=1S/C39H66N2O6/c1-7-45-39(46-8-2,47-9-3)37(28-21-31-40,27-19-11-10-12-20-30-38(42-4,43-5)44-6)29-22-32-41(33-35-23-15-13-16-24-35)34-36-25-17-14-18-26-36/h13-18,23-26H,7-12,19-22,27-34,40H2,1-6H3. The maximum atomic E-state index is 6.55. The first-order chi connectivity index (χ1) is 22.9. The average Bonchev–Trinajstić information content (AvgIpc) is 3.09. The Morgan fingerprint density at radius 1 is 0.553 bits per heavy atom. The minimum atomic E-state index is -1.11. The highest BCUT2D eigenvalue weighted by molar-refractivity contribution is 5.17. The van der Waals surface area contributed by atoms with E-state index in [1.165, 1.54) is 11.1 Å². The van der Waals surface area contributed by atoms with Crippen molar-refractivity contribution in [1.29, 1.82) is 0 Å². The molecule has 0 aliphatic rings. The fraction of sp³-hybridized carbons (Fsp3) is 0.692. The van der Waals surface area contributed by atoms with Crippen molar-refractivity contribution in [3.63, 3.8) is 0 Å². The van der Waals surface area contributed by atoms with Crippen LogP contribution < -0.4 is 5.73 Å². The molecule has 0 aliphatic heterocycles. The molecular weight excluding hydrogens is 592 g/mol. The van der Waals surface area contributed by atoms with Gasteiger partial charge in [-0.2, -0.15) is 0 Å². The van der Waals surface area contributed by atoms with Gasteiger partial charge in [-0.1, -0.05) is 86.3 Å². The molecule has 1 unspecified atom stereocenters. The second-order valence-corrected chi connectivity index (χ2v) is 12.4. The Morgan fingerprint density at radius 2 is 0.979 bits per heavy atom. The van der Waals surface area contributed by atoms with Gasteiger partial charge in [-0.05, 0) is 83.5 Å². The molecule has 0 heterocycles. The highest BCUT2D eigenvalue weighted by atomic mass is 16.9. The van der Waals surface area contributed by atoms with Gasteiger partial charge in [-0.3, -0.25) is 4.90 Å². The molecule has 8 nitrogen and oxygen atoms in total. The van der Waals surface area contributed by atoms with Crippen molar-refractivity contribution in [1.82, 2.24) is 4.90 Å². The van der Waals surface area contributed by atoms with Crippen molar-refractivity contribution in [3.05, 3.63) is 71.8 Å². The van der Waals surface area contributed by atoms with E-state index < -0.39 is 11.9 Å². The van der Waals surface area contributed by atoms with Crippen LogP contribution in [0.1, 0.15) is 103 Å². The summed E-state index contributed by atoms with van der Waals surface area (Å²) in [6.07, 6.45) is 10.7. The highest BCUT2D eigenvalue weighted by Crippen LogP contribution is 2.49. The van der Waals surface area contributed by atoms with Crippen LogP contribution in [0, 0.1) is 5.41 Å². The summed E-state index contributed by atoms with van der Waals surface area (Å²) in [5.41, 5.74) is 8.48. The van der Waals surface area contributed by atoms with Crippen molar-refractivity contribution in [3.8, 4) is 0 Å². The summed E-state index contributed by atoms with van der Waals surface area (Å²) >= 11 is 0. The molecule has 0 saturated carbocycles. The summed E-state index contributed by atoms with van der Waals surface area (Å²) in [6, 6.07) is 21.5. The van der Waals surface area contributed by atoms with Crippen LogP contribution >= 0.6 is 0 Å². The Kier molecular flexibility index (Phi) is 20.6. The molecule has 2 N–H and O–H groups in total. The van der Waals surface area contributed by atoms with E-state index in [1.54, 1.807) is 21.3 Å². The maximum absolute atomic E-state index is 6.55. The van der Waals surface area contributed by atoms with Gasteiger partial charge in [-0.25, -0.2) is 0 Å². The molecule has 2 rings (SSSR count). The molecule has 0 amide bonds. The first kappa shape index (κ1) is 41.3. The number of hydrogen-bond donors (Lipinski definition) is 1. The Morgan fingerprint density at radius 3 is 1.43 bits per heavy atom. The smallest absolute Gasteiger partial charge is 0.288 e. The zero-order valence-corrected chi connectivity index (χ0v) is 30.5. The predicted octanol–water partition coefficient (Wildman–Crippen LogP) is 8.28. The third kappa shape index (κ3) is 13.5. The second-order valence-electron chi connectivity index (χ2n) is 12.4. The molecule has 1 atom stereocenters. The van der Waals surface area contributed by atoms with Crippen molar-refractivity contribution >= 4 is 0 Å². The molecule has 8 heteroatoms. The molecule has 0 aromatic heterocycles. The van der Waals surface area contributed by atoms with Crippen LogP contribution in [0.25, 0.3) is 0 Å². The van der Waals surface area contributed by atoms with E-state index >= 15 is 0 Å². The van der Waals surface area contributed by atoms with Gasteiger partial charge in [-0.15, -0.1) is 0 Å². The molecule has 2 aromatic rings. The Balaban J connectivity index is 2.25. The lowest BCUT2D eigenvalue weighted by molar-refractivity contribution is -0.432. The lowest BCUT2D eigenvalue weighted by Gasteiger charge is -2.49. The lowest BCUT2D eigenvalue weighted by atomic mass is 9.72. The van der Waals surface area contributed by atoms with Crippen LogP contribution in [-0.2, 0) is 41.5 Å². The number of benzene rings is 2. The lowest BCUT2D eigenvalue weighted by Crippen LogP contribution is -2.55. The van der Waals surface area contributed by atoms with Crippen LogP contribution in [0.5, 0.6) is 0 Å². The number of ether oxygens (including phenoxy) is 6. The summed E-state index contributed by atoms with van der Waals surface area (Å²) in [5, 5.41) is 0. The summed E-state index contributed by atoms with van der Waals surface area (Å²) in [7, 11) is 4.87. The minimum Gasteiger partial charge on any atom is -0.331 e. The minimum absolute atomic E-state index is 0.336. The van der Waals surface area contributed by atoms with E-state index in [-0.39, 0.29) is 5.41 Å². The van der Waals surface area contributed by atoms with E-state index in [4.69, 9.17) is 34.2 Å². The summed E-state index contributed by atoms with van der Waals surface area (Å²) in [6.45, 7) is 11.0. The van der Waals surface area contributed by atoms with Crippen molar-refractivity contribution < 1.29 is 28.4 Å². The van der Waals surface area contributed by atoms with Crippen molar-refractivity contribution in [2.24, 2.45) is 11.1 Å². The Labute approximate surface area is 286 Å². The SMILES string of the molecule is CCOC(OCC)(OCC)C(CCCN)(CCCCCCCC(OC)(OC)OC)CCCN(Cc1ccccc1)Cc1ccccc1. The van der Waals surface area contributed by atoms with Crippen molar-refractivity contribution in [2.75, 3.05) is 54.2 Å². The van der Waals surface area contributed by atoms with Gasteiger partial charge < -0.3 is 34.2 Å². The molecule has 47 heavy (non-hydrogen) atoms. The number of nitrogens with two attached hydrogens (primary N) is 1. The molecule has 0 fully saturated rings. The molecule has 0 saturated heterocycles. The van der Waals surface area contributed by atoms with Gasteiger partial charge in [0.15, 0.2) is 0 Å². The Bertz CT molecular complexity index is 956. The highest BCUT2D eigenvalue weighted by Gasteiger charge is 2.53. The van der Waals surface area contributed by atoms with E-state index in [1.807, 2.05) is 20.8 Å². The van der Waals surface area contributed by atoms with E-state index in [9.17, 15) is 0 Å². The van der Waals surface area contributed by atoms with Crippen molar-refractivity contribution in [2.45, 2.75) is 116 Å². The molecular formula is C39H66N2O6. The summed E-state index contributed by atoms with van der Waals surface area (Å²) < 4.78 is 36.1. The first-order valence-corrected chi connectivity index (χ1v) is 18.0. The average molecular weight is 659 g/mol. The zero-order chi connectivity index (χ0) is 34.3. The van der Waals surface area contributed by atoms with Gasteiger partial charge >= 0.3 is 0 Å². The van der Waals surface area contributed by atoms with Crippen LogP contribution in [0.4, 0.5) is 0 Å². The fourth-order valence-corrected chi connectivity index (χ4v) is 6.86. The molecule has 268 valence electrons. The van der Waals surface area contributed by atoms with Gasteiger partial charge in [0.05, 0.1) is 5.41 Å². The van der Waals surface area contributed by atoms with E-state index in [2.05, 4.69) is 65.6 Å². The van der Waals surface area contributed by atoms with Gasteiger partial charge in [0.25, 0.3) is 11.9 Å². The number of methoxy groups -OCH3 is 3. The van der Waals surface area contributed by atoms with Gasteiger partial charge in [0.2, 0.25) is 0 Å². The second kappa shape index (κ2) is 23.5. The number of unbranched alkanes of at least 4 members (excludes halogenated alkanes) is 4. The van der Waals surface area contributed by atoms with E-state index in [0.717, 1.165) is 83.8 Å². The third-order valence-electron chi connectivity index (χ3n) is 9.21. The largest absolute Gasteiger partial charge is 0.331 e. The first-order valence-electron chi connectivity index (χ1n) is 18.0. The number of rotatable bonds is 29. The van der Waals surface area contributed by atoms with Crippen LogP contribution in [0.2, 0.25) is 0 Å². The number of nitrogens with zero attached hydrogens (tertiary/aromatic N) is 1. The summed E-state index contributed by atoms with van der Waals surface area (Å²) in [4.78, 5) is 2.56. The maximum Gasteiger partial charge on any atom is 0.288 e. The van der Waals surface area contributed by atoms with E-state index in [0.29, 0.717) is 32.8 Å². The molecule has 2 aromatic carbocycles. The molecule has 0 spiro atoms. The quantitative estimate of drug-likeness (QED) is 0.0691. The monoisotopic (exact) mass is 658 g/mol. The third-order valence-corrected chi connectivity index (χ3v) is 9.21. The topological polar surface area (TPSA) is 84.6 Å². The fourth-order valence-electron chi connectivity index (χ4n) is 6.86. The normalized spacial score (nSPS) is 13.7. The molecule has 0 radical (unpaired) electrons. The zero-order valence-electron chi connectivity index (χ0n) is 30.5. The number of hydrogen-bond acceptors (Lipinski definition) is 8. The molecule has 0 aliphatic carbocycles. The molecule has 0 bridgehead atoms. The van der Waals surface area contributed by atoms with Crippen LogP contribution in [0.15, 0.2) is 60.7 Å².